The van der Waals surface area contributed by atoms with Gasteiger partial charge in [-0.25, -0.2) is 4.98 Å². The third kappa shape index (κ3) is 4.20. The molecule has 1 N–H and O–H groups in total. The van der Waals surface area contributed by atoms with Crippen LogP contribution in [-0.2, 0) is 11.3 Å². The fourth-order valence-corrected chi connectivity index (χ4v) is 3.61. The van der Waals surface area contributed by atoms with Crippen LogP contribution in [0.3, 0.4) is 0 Å². The van der Waals surface area contributed by atoms with Gasteiger partial charge in [-0.15, -0.1) is 11.3 Å². The summed E-state index contributed by atoms with van der Waals surface area (Å²) in [7, 11) is 0. The number of nitrogens with one attached hydrogen (secondary N) is 1. The predicted octanol–water partition coefficient (Wildman–Crippen LogP) is 2.47. The first kappa shape index (κ1) is 17.1. The highest BCUT2D eigenvalue weighted by Gasteiger charge is 2.27. The second-order valence-corrected chi connectivity index (χ2v) is 7.01. The average Bonchev–Trinajstić information content (AvgIpc) is 3.02. The Hall–Kier alpha value is -1.76. The van der Waals surface area contributed by atoms with Gasteiger partial charge in [-0.1, -0.05) is 30.3 Å². The minimum Gasteiger partial charge on any atom is -0.373 e. The van der Waals surface area contributed by atoms with Crippen LogP contribution in [0.25, 0.3) is 0 Å². The van der Waals surface area contributed by atoms with Gasteiger partial charge in [-0.3, -0.25) is 9.69 Å². The predicted molar refractivity (Wildman–Crippen MR) is 95.2 cm³/mol. The van der Waals surface area contributed by atoms with Crippen LogP contribution >= 0.6 is 11.3 Å². The van der Waals surface area contributed by atoms with Crippen molar-refractivity contribution in [2.45, 2.75) is 32.5 Å². The van der Waals surface area contributed by atoms with Crippen LogP contribution in [0.1, 0.15) is 27.9 Å². The molecule has 2 unspecified atom stereocenters. The van der Waals surface area contributed by atoms with E-state index in [1.165, 1.54) is 16.9 Å². The molecule has 128 valence electrons. The molecule has 2 heterocycles. The Morgan fingerprint density at radius 1 is 1.46 bits per heavy atom. The Labute approximate surface area is 146 Å². The number of benzene rings is 1. The number of morpholine rings is 1. The van der Waals surface area contributed by atoms with Crippen molar-refractivity contribution < 1.29 is 9.53 Å². The summed E-state index contributed by atoms with van der Waals surface area (Å²) in [5.74, 6) is -0.0636. The molecule has 24 heavy (non-hydrogen) atoms. The van der Waals surface area contributed by atoms with Crippen LogP contribution in [0.4, 0.5) is 0 Å². The van der Waals surface area contributed by atoms with Crippen LogP contribution in [0.5, 0.6) is 0 Å². The summed E-state index contributed by atoms with van der Waals surface area (Å²) in [5, 5.41) is 3.06. The third-order valence-electron chi connectivity index (χ3n) is 4.29. The number of hydrogen-bond acceptors (Lipinski definition) is 5. The van der Waals surface area contributed by atoms with E-state index in [2.05, 4.69) is 39.5 Å². The molecule has 0 aliphatic carbocycles. The maximum atomic E-state index is 12.3. The van der Waals surface area contributed by atoms with Crippen molar-refractivity contribution in [2.75, 3.05) is 19.7 Å². The first-order valence-corrected chi connectivity index (χ1v) is 9.10. The van der Waals surface area contributed by atoms with E-state index in [-0.39, 0.29) is 18.1 Å². The zero-order valence-electron chi connectivity index (χ0n) is 14.1. The molecule has 0 bridgehead atoms. The Morgan fingerprint density at radius 3 is 2.96 bits per heavy atom. The van der Waals surface area contributed by atoms with Gasteiger partial charge in [0.2, 0.25) is 0 Å². The van der Waals surface area contributed by atoms with Crippen molar-refractivity contribution >= 4 is 17.2 Å². The van der Waals surface area contributed by atoms with Gasteiger partial charge >= 0.3 is 0 Å². The van der Waals surface area contributed by atoms with E-state index in [0.717, 1.165) is 25.3 Å². The molecule has 1 fully saturated rings. The second kappa shape index (κ2) is 7.88. The molecule has 1 aromatic carbocycles. The van der Waals surface area contributed by atoms with Gasteiger partial charge in [0.1, 0.15) is 4.88 Å². The Bertz CT molecular complexity index is 674. The summed E-state index contributed by atoms with van der Waals surface area (Å²) < 4.78 is 5.89. The largest absolute Gasteiger partial charge is 0.373 e. The van der Waals surface area contributed by atoms with Gasteiger partial charge in [-0.2, -0.15) is 0 Å². The van der Waals surface area contributed by atoms with E-state index in [1.807, 2.05) is 19.9 Å². The van der Waals surface area contributed by atoms with Crippen molar-refractivity contribution in [1.82, 2.24) is 15.2 Å². The van der Waals surface area contributed by atoms with Gasteiger partial charge in [-0.05, 0) is 19.4 Å². The highest BCUT2D eigenvalue weighted by molar-refractivity contribution is 7.11. The molecular formula is C18H23N3O2S. The van der Waals surface area contributed by atoms with E-state index in [9.17, 15) is 4.79 Å². The van der Waals surface area contributed by atoms with Crippen molar-refractivity contribution in [1.29, 1.82) is 0 Å². The molecule has 1 aliphatic heterocycles. The number of aryl methyl sites for hydroxylation is 1. The Balaban J connectivity index is 1.56. The molecular weight excluding hydrogens is 322 g/mol. The van der Waals surface area contributed by atoms with Crippen LogP contribution in [-0.4, -0.2) is 47.6 Å². The van der Waals surface area contributed by atoms with E-state index < -0.39 is 0 Å². The molecule has 0 saturated carbocycles. The molecule has 2 atom stereocenters. The monoisotopic (exact) mass is 345 g/mol. The van der Waals surface area contributed by atoms with Crippen LogP contribution in [0.2, 0.25) is 0 Å². The van der Waals surface area contributed by atoms with E-state index in [4.69, 9.17) is 4.74 Å². The zero-order valence-corrected chi connectivity index (χ0v) is 14.9. The minimum atomic E-state index is -0.0636. The topological polar surface area (TPSA) is 54.5 Å². The number of amides is 1. The SMILES string of the molecule is Cc1ncsc1C(=O)NC(C)C1CN(Cc2ccccc2)CCO1. The Kier molecular flexibility index (Phi) is 5.60. The van der Waals surface area contributed by atoms with Gasteiger partial charge in [0, 0.05) is 19.6 Å². The smallest absolute Gasteiger partial charge is 0.263 e. The first-order chi connectivity index (χ1) is 11.6. The zero-order chi connectivity index (χ0) is 16.9. The summed E-state index contributed by atoms with van der Waals surface area (Å²) in [6.07, 6.45) is -0.000334. The van der Waals surface area contributed by atoms with E-state index in [1.54, 1.807) is 5.51 Å². The van der Waals surface area contributed by atoms with Crippen molar-refractivity contribution in [3.63, 3.8) is 0 Å². The first-order valence-electron chi connectivity index (χ1n) is 8.22. The molecule has 0 radical (unpaired) electrons. The van der Waals surface area contributed by atoms with Crippen LogP contribution in [0.15, 0.2) is 35.8 Å². The maximum Gasteiger partial charge on any atom is 0.263 e. The lowest BCUT2D eigenvalue weighted by Crippen LogP contribution is -2.52. The van der Waals surface area contributed by atoms with Gasteiger partial charge in [0.15, 0.2) is 0 Å². The number of thiazole rings is 1. The number of hydrogen-bond donors (Lipinski definition) is 1. The number of rotatable bonds is 5. The summed E-state index contributed by atoms with van der Waals surface area (Å²) in [6.45, 7) is 7.20. The molecule has 0 spiro atoms. The number of ether oxygens (including phenoxy) is 1. The highest BCUT2D eigenvalue weighted by atomic mass is 32.1. The number of carbonyl (C=O) groups excluding carboxylic acids is 1. The molecule has 3 rings (SSSR count). The molecule has 5 nitrogen and oxygen atoms in total. The number of nitrogens with zero attached hydrogens (tertiary/aromatic N) is 2. The summed E-state index contributed by atoms with van der Waals surface area (Å²) in [5.41, 5.74) is 3.78. The highest BCUT2D eigenvalue weighted by Crippen LogP contribution is 2.15. The van der Waals surface area contributed by atoms with Crippen molar-refractivity contribution in [3.05, 3.63) is 52.0 Å². The van der Waals surface area contributed by atoms with Gasteiger partial charge in [0.25, 0.3) is 5.91 Å². The van der Waals surface area contributed by atoms with E-state index >= 15 is 0 Å². The summed E-state index contributed by atoms with van der Waals surface area (Å²) >= 11 is 1.37. The molecule has 1 saturated heterocycles. The fourth-order valence-electron chi connectivity index (χ4n) is 2.90. The molecule has 2 aromatic rings. The van der Waals surface area contributed by atoms with Gasteiger partial charge in [0.05, 0.1) is 30.0 Å². The fraction of sp³-hybridized carbons (Fsp3) is 0.444. The maximum absolute atomic E-state index is 12.3. The molecule has 1 aromatic heterocycles. The lowest BCUT2D eigenvalue weighted by molar-refractivity contribution is -0.0449. The van der Waals surface area contributed by atoms with Crippen LogP contribution < -0.4 is 5.32 Å². The van der Waals surface area contributed by atoms with Gasteiger partial charge < -0.3 is 10.1 Å². The second-order valence-electron chi connectivity index (χ2n) is 6.16. The standard InChI is InChI=1S/C18H23N3O2S/c1-13(20-18(22)17-14(2)19-12-24-17)16-11-21(8-9-23-16)10-15-6-4-3-5-7-15/h3-7,12-13,16H,8-11H2,1-2H3,(H,20,22). The minimum absolute atomic E-state index is 0.000334. The lowest BCUT2D eigenvalue weighted by atomic mass is 10.1. The summed E-state index contributed by atoms with van der Waals surface area (Å²) in [4.78, 5) is 19.5. The molecule has 6 heteroatoms. The number of aromatic nitrogens is 1. The Morgan fingerprint density at radius 2 is 2.25 bits per heavy atom. The van der Waals surface area contributed by atoms with Crippen LogP contribution in [0, 0.1) is 6.92 Å². The van der Waals surface area contributed by atoms with Crippen molar-refractivity contribution in [2.24, 2.45) is 0 Å². The number of carbonyl (C=O) groups is 1. The third-order valence-corrected chi connectivity index (χ3v) is 5.22. The molecule has 1 amide bonds. The average molecular weight is 345 g/mol. The molecule has 1 aliphatic rings. The normalized spacial score (nSPS) is 19.8. The van der Waals surface area contributed by atoms with Crippen molar-refractivity contribution in [3.8, 4) is 0 Å². The quantitative estimate of drug-likeness (QED) is 0.904. The van der Waals surface area contributed by atoms with E-state index in [0.29, 0.717) is 11.5 Å². The lowest BCUT2D eigenvalue weighted by Gasteiger charge is -2.36. The summed E-state index contributed by atoms with van der Waals surface area (Å²) in [6, 6.07) is 10.4.